The first-order valence-corrected chi connectivity index (χ1v) is 9.43. The van der Waals surface area contributed by atoms with Crippen LogP contribution in [0.3, 0.4) is 0 Å². The maximum absolute atomic E-state index is 12.4. The fourth-order valence-corrected chi connectivity index (χ4v) is 3.74. The highest BCUT2D eigenvalue weighted by Crippen LogP contribution is 2.32. The number of aromatic nitrogens is 2. The highest BCUT2D eigenvalue weighted by atomic mass is 32.1. The number of carbonyl (C=O) groups is 2. The highest BCUT2D eigenvalue weighted by molar-refractivity contribution is 7.20. The monoisotopic (exact) mass is 386 g/mol. The Morgan fingerprint density at radius 2 is 2.00 bits per heavy atom. The highest BCUT2D eigenvalue weighted by Gasteiger charge is 2.19. The summed E-state index contributed by atoms with van der Waals surface area (Å²) in [4.78, 5) is 31.7. The summed E-state index contributed by atoms with van der Waals surface area (Å²) < 4.78 is 6.64. The van der Waals surface area contributed by atoms with Crippen molar-refractivity contribution in [1.29, 1.82) is 0 Å². The molecule has 142 valence electrons. The number of hydrogen-bond donors (Lipinski definition) is 1. The Hall–Kier alpha value is -2.87. The minimum Gasteiger partial charge on any atom is -0.469 e. The molecule has 2 heterocycles. The number of fused-ring (bicyclic) bond motifs is 1. The van der Waals surface area contributed by atoms with Gasteiger partial charge < -0.3 is 15.0 Å². The van der Waals surface area contributed by atoms with E-state index in [2.05, 4.69) is 15.0 Å². The molecule has 3 aromatic rings. The molecular weight excluding hydrogens is 364 g/mol. The number of amides is 1. The van der Waals surface area contributed by atoms with Gasteiger partial charge in [0.05, 0.1) is 12.0 Å². The largest absolute Gasteiger partial charge is 0.469 e. The number of nitrogens with zero attached hydrogens (tertiary/aromatic N) is 3. The molecule has 0 saturated carbocycles. The van der Waals surface area contributed by atoms with Crippen molar-refractivity contribution in [1.82, 2.24) is 14.9 Å². The van der Waals surface area contributed by atoms with Crippen molar-refractivity contribution in [2.24, 2.45) is 0 Å². The molecule has 0 unspecified atom stereocenters. The van der Waals surface area contributed by atoms with Gasteiger partial charge in [-0.15, -0.1) is 11.3 Å². The van der Waals surface area contributed by atoms with Gasteiger partial charge in [0.1, 0.15) is 10.3 Å². The fourth-order valence-electron chi connectivity index (χ4n) is 2.71. The van der Waals surface area contributed by atoms with E-state index in [1.807, 2.05) is 60.0 Å². The molecule has 0 bridgehead atoms. The number of rotatable bonds is 7. The average molecular weight is 386 g/mol. The Morgan fingerprint density at radius 3 is 2.67 bits per heavy atom. The molecule has 1 N–H and O–H groups in total. The normalized spacial score (nSPS) is 10.8. The van der Waals surface area contributed by atoms with Crippen molar-refractivity contribution >= 4 is 39.5 Å². The fraction of sp³-hybridized carbons (Fsp3) is 0.316. The summed E-state index contributed by atoms with van der Waals surface area (Å²) in [5.41, 5.74) is 1.78. The van der Waals surface area contributed by atoms with Gasteiger partial charge >= 0.3 is 5.97 Å². The van der Waals surface area contributed by atoms with Crippen molar-refractivity contribution in [3.05, 3.63) is 41.3 Å². The first-order valence-electron chi connectivity index (χ1n) is 8.61. The van der Waals surface area contributed by atoms with Crippen LogP contribution in [0.1, 0.15) is 22.5 Å². The molecule has 2 aromatic heterocycles. The van der Waals surface area contributed by atoms with Crippen molar-refractivity contribution in [2.45, 2.75) is 12.8 Å². The SMILES string of the molecule is COC(=O)CCCNC(=O)c1cc2nc(N(C)C)n(-c3ccccc3)c2s1. The Kier molecular flexibility index (Phi) is 5.75. The Morgan fingerprint density at radius 1 is 1.26 bits per heavy atom. The lowest BCUT2D eigenvalue weighted by Crippen LogP contribution is -2.24. The maximum Gasteiger partial charge on any atom is 0.305 e. The minimum absolute atomic E-state index is 0.158. The van der Waals surface area contributed by atoms with Crippen LogP contribution in [-0.4, -0.2) is 49.2 Å². The van der Waals surface area contributed by atoms with E-state index in [0.717, 1.165) is 22.0 Å². The Labute approximate surface area is 161 Å². The molecule has 0 fully saturated rings. The summed E-state index contributed by atoms with van der Waals surface area (Å²) in [5.74, 6) is 0.379. The van der Waals surface area contributed by atoms with Crippen LogP contribution < -0.4 is 10.2 Å². The van der Waals surface area contributed by atoms with Crippen LogP contribution >= 0.6 is 11.3 Å². The molecular formula is C19H22N4O3S. The molecule has 0 saturated heterocycles. The topological polar surface area (TPSA) is 76.5 Å². The van der Waals surface area contributed by atoms with Gasteiger partial charge in [-0.2, -0.15) is 0 Å². The molecule has 0 radical (unpaired) electrons. The first-order chi connectivity index (χ1) is 13.0. The molecule has 7 nitrogen and oxygen atoms in total. The van der Waals surface area contributed by atoms with Crippen LogP contribution in [0.5, 0.6) is 0 Å². The standard InChI is InChI=1S/C19H22N4O3S/c1-22(2)19-21-14-12-15(17(25)20-11-7-10-16(24)26-3)27-18(14)23(19)13-8-5-4-6-9-13/h4-6,8-9,12H,7,10-11H2,1-3H3,(H,20,25). The van der Waals surface area contributed by atoms with Crippen LogP contribution in [-0.2, 0) is 9.53 Å². The van der Waals surface area contributed by atoms with Crippen molar-refractivity contribution in [3.8, 4) is 5.69 Å². The second-order valence-electron chi connectivity index (χ2n) is 6.21. The number of thiophene rings is 1. The van der Waals surface area contributed by atoms with E-state index in [4.69, 9.17) is 0 Å². The summed E-state index contributed by atoms with van der Waals surface area (Å²) >= 11 is 1.40. The number of ether oxygens (including phenoxy) is 1. The Balaban J connectivity index is 1.82. The predicted molar refractivity (Wildman–Crippen MR) is 107 cm³/mol. The number of esters is 1. The van der Waals surface area contributed by atoms with Crippen LogP contribution in [0.15, 0.2) is 36.4 Å². The molecule has 0 aliphatic carbocycles. The van der Waals surface area contributed by atoms with Gasteiger partial charge in [0.15, 0.2) is 0 Å². The van der Waals surface area contributed by atoms with Crippen LogP contribution in [0.25, 0.3) is 16.0 Å². The molecule has 0 spiro atoms. The van der Waals surface area contributed by atoms with E-state index in [0.29, 0.717) is 17.8 Å². The van der Waals surface area contributed by atoms with Gasteiger partial charge in [-0.05, 0) is 24.6 Å². The second kappa shape index (κ2) is 8.22. The number of methoxy groups -OCH3 is 1. The summed E-state index contributed by atoms with van der Waals surface area (Å²) in [6, 6.07) is 11.8. The van der Waals surface area contributed by atoms with Gasteiger partial charge in [-0.3, -0.25) is 14.2 Å². The summed E-state index contributed by atoms with van der Waals surface area (Å²) in [6.45, 7) is 0.422. The maximum atomic E-state index is 12.4. The number of nitrogens with one attached hydrogen (secondary N) is 1. The molecule has 27 heavy (non-hydrogen) atoms. The molecule has 0 aliphatic rings. The van der Waals surface area contributed by atoms with Crippen molar-refractivity contribution < 1.29 is 14.3 Å². The Bertz CT molecular complexity index is 947. The lowest BCUT2D eigenvalue weighted by Gasteiger charge is -2.14. The van der Waals surface area contributed by atoms with Crippen LogP contribution in [0, 0.1) is 0 Å². The number of carbonyl (C=O) groups excluding carboxylic acids is 2. The third kappa shape index (κ3) is 4.11. The molecule has 0 atom stereocenters. The van der Waals surface area contributed by atoms with E-state index in [9.17, 15) is 9.59 Å². The molecule has 8 heteroatoms. The summed E-state index contributed by atoms with van der Waals surface area (Å²) in [5, 5.41) is 2.84. The van der Waals surface area contributed by atoms with E-state index in [-0.39, 0.29) is 18.3 Å². The van der Waals surface area contributed by atoms with Gasteiger partial charge in [0.2, 0.25) is 5.95 Å². The molecule has 1 aromatic carbocycles. The number of hydrogen-bond acceptors (Lipinski definition) is 6. The number of para-hydroxylation sites is 1. The predicted octanol–water partition coefficient (Wildman–Crippen LogP) is 2.84. The smallest absolute Gasteiger partial charge is 0.305 e. The lowest BCUT2D eigenvalue weighted by atomic mass is 10.3. The van der Waals surface area contributed by atoms with Gasteiger partial charge in [-0.25, -0.2) is 4.98 Å². The van der Waals surface area contributed by atoms with E-state index in [1.165, 1.54) is 18.4 Å². The van der Waals surface area contributed by atoms with Crippen LogP contribution in [0.4, 0.5) is 5.95 Å². The van der Waals surface area contributed by atoms with E-state index in [1.54, 1.807) is 0 Å². The van der Waals surface area contributed by atoms with Gasteiger partial charge in [0.25, 0.3) is 5.91 Å². The van der Waals surface area contributed by atoms with E-state index >= 15 is 0 Å². The summed E-state index contributed by atoms with van der Waals surface area (Å²) in [6.07, 6.45) is 0.832. The molecule has 0 aliphatic heterocycles. The van der Waals surface area contributed by atoms with Crippen molar-refractivity contribution in [2.75, 3.05) is 32.6 Å². The minimum atomic E-state index is -0.275. The second-order valence-corrected chi connectivity index (χ2v) is 7.24. The third-order valence-corrected chi connectivity index (χ3v) is 5.13. The quantitative estimate of drug-likeness (QED) is 0.499. The van der Waals surface area contributed by atoms with Crippen LogP contribution in [0.2, 0.25) is 0 Å². The van der Waals surface area contributed by atoms with Crippen molar-refractivity contribution in [3.63, 3.8) is 0 Å². The molecule has 3 rings (SSSR count). The number of imidazole rings is 1. The zero-order valence-electron chi connectivity index (χ0n) is 15.6. The third-order valence-electron chi connectivity index (χ3n) is 4.03. The molecule has 1 amide bonds. The summed E-state index contributed by atoms with van der Waals surface area (Å²) in [7, 11) is 5.25. The van der Waals surface area contributed by atoms with Gasteiger partial charge in [-0.1, -0.05) is 18.2 Å². The number of anilines is 1. The van der Waals surface area contributed by atoms with Gasteiger partial charge in [0, 0.05) is 32.7 Å². The lowest BCUT2D eigenvalue weighted by molar-refractivity contribution is -0.140. The first kappa shape index (κ1) is 18.9. The van der Waals surface area contributed by atoms with E-state index < -0.39 is 0 Å². The number of benzene rings is 1. The average Bonchev–Trinajstić information content (AvgIpc) is 3.23. The zero-order chi connectivity index (χ0) is 19.4. The zero-order valence-corrected chi connectivity index (χ0v) is 16.4.